The van der Waals surface area contributed by atoms with E-state index in [0.29, 0.717) is 43.2 Å². The van der Waals surface area contributed by atoms with Gasteiger partial charge in [0.2, 0.25) is 5.91 Å². The first-order chi connectivity index (χ1) is 13.0. The maximum Gasteiger partial charge on any atom is 0.289 e. The molecule has 0 radical (unpaired) electrons. The average Bonchev–Trinajstić information content (AvgIpc) is 3.22. The van der Waals surface area contributed by atoms with E-state index in [4.69, 9.17) is 4.42 Å². The van der Waals surface area contributed by atoms with Crippen LogP contribution in [-0.2, 0) is 4.79 Å². The van der Waals surface area contributed by atoms with Gasteiger partial charge in [0.25, 0.3) is 11.8 Å². The van der Waals surface area contributed by atoms with Gasteiger partial charge in [-0.3, -0.25) is 14.4 Å². The fraction of sp³-hybridized carbons (Fsp3) is 0.316. The number of carbonyl (C=O) groups excluding carboxylic acids is 3. The van der Waals surface area contributed by atoms with Crippen molar-refractivity contribution in [3.8, 4) is 0 Å². The van der Waals surface area contributed by atoms with Gasteiger partial charge in [0.05, 0.1) is 17.2 Å². The summed E-state index contributed by atoms with van der Waals surface area (Å²) >= 11 is 1.49. The van der Waals surface area contributed by atoms with Crippen LogP contribution < -0.4 is 5.32 Å². The number of nitrogens with one attached hydrogen (secondary N) is 1. The molecule has 1 aromatic carbocycles. The molecule has 7 nitrogen and oxygen atoms in total. The van der Waals surface area contributed by atoms with Crippen molar-refractivity contribution < 1.29 is 18.8 Å². The van der Waals surface area contributed by atoms with Crippen molar-refractivity contribution >= 4 is 35.2 Å². The van der Waals surface area contributed by atoms with Gasteiger partial charge in [-0.2, -0.15) is 0 Å². The molecule has 3 heterocycles. The molecular formula is C19H19N3O4S. The molecule has 0 spiro atoms. The molecule has 4 rings (SSSR count). The minimum Gasteiger partial charge on any atom is -0.459 e. The highest BCUT2D eigenvalue weighted by atomic mass is 32.2. The molecule has 1 N–H and O–H groups in total. The van der Waals surface area contributed by atoms with Gasteiger partial charge in [-0.15, -0.1) is 11.8 Å². The Morgan fingerprint density at radius 2 is 1.81 bits per heavy atom. The fourth-order valence-electron chi connectivity index (χ4n) is 3.19. The lowest BCUT2D eigenvalue weighted by atomic mass is 10.1. The summed E-state index contributed by atoms with van der Waals surface area (Å²) in [6, 6.07) is 8.72. The SMILES string of the molecule is CC1Sc2ccc(C(=O)N3CCN(C(=O)c4ccco4)CC3)cc2NC1=O. The third kappa shape index (κ3) is 3.44. The van der Waals surface area contributed by atoms with Crippen LogP contribution in [-0.4, -0.2) is 59.0 Å². The van der Waals surface area contributed by atoms with E-state index in [2.05, 4.69) is 5.32 Å². The predicted octanol–water partition coefficient (Wildman–Crippen LogP) is 2.31. The maximum atomic E-state index is 12.8. The molecule has 0 bridgehead atoms. The quantitative estimate of drug-likeness (QED) is 0.858. The molecular weight excluding hydrogens is 366 g/mol. The molecule has 2 aliphatic heterocycles. The van der Waals surface area contributed by atoms with Crippen molar-refractivity contribution in [2.75, 3.05) is 31.5 Å². The highest BCUT2D eigenvalue weighted by Crippen LogP contribution is 2.36. The first-order valence-corrected chi connectivity index (χ1v) is 9.64. The van der Waals surface area contributed by atoms with Gasteiger partial charge in [0.15, 0.2) is 5.76 Å². The van der Waals surface area contributed by atoms with Gasteiger partial charge < -0.3 is 19.5 Å². The molecule has 1 saturated heterocycles. The lowest BCUT2D eigenvalue weighted by molar-refractivity contribution is -0.115. The molecule has 8 heteroatoms. The molecule has 1 unspecified atom stereocenters. The number of carbonyl (C=O) groups is 3. The largest absolute Gasteiger partial charge is 0.459 e. The van der Waals surface area contributed by atoms with Crippen LogP contribution in [0.2, 0.25) is 0 Å². The van der Waals surface area contributed by atoms with Gasteiger partial charge in [0, 0.05) is 36.6 Å². The number of benzene rings is 1. The fourth-order valence-corrected chi connectivity index (χ4v) is 4.12. The number of rotatable bonds is 2. The van der Waals surface area contributed by atoms with E-state index in [9.17, 15) is 14.4 Å². The van der Waals surface area contributed by atoms with Crippen LogP contribution in [0.5, 0.6) is 0 Å². The number of thioether (sulfide) groups is 1. The number of anilines is 1. The van der Waals surface area contributed by atoms with Crippen molar-refractivity contribution in [2.45, 2.75) is 17.1 Å². The standard InChI is InChI=1S/C19H19N3O4S/c1-12-17(23)20-14-11-13(4-5-16(14)27-12)18(24)21-6-8-22(9-7-21)19(25)15-3-2-10-26-15/h2-5,10-12H,6-9H2,1H3,(H,20,23). The van der Waals surface area contributed by atoms with E-state index in [1.165, 1.54) is 18.0 Å². The van der Waals surface area contributed by atoms with Crippen LogP contribution in [0.25, 0.3) is 0 Å². The topological polar surface area (TPSA) is 82.9 Å². The van der Waals surface area contributed by atoms with E-state index in [0.717, 1.165) is 4.90 Å². The second kappa shape index (κ2) is 7.11. The number of piperazine rings is 1. The molecule has 27 heavy (non-hydrogen) atoms. The van der Waals surface area contributed by atoms with Crippen LogP contribution >= 0.6 is 11.8 Å². The van der Waals surface area contributed by atoms with Crippen molar-refractivity contribution in [1.29, 1.82) is 0 Å². The minimum atomic E-state index is -0.158. The Morgan fingerprint density at radius 1 is 1.11 bits per heavy atom. The second-order valence-electron chi connectivity index (χ2n) is 6.52. The first kappa shape index (κ1) is 17.7. The van der Waals surface area contributed by atoms with E-state index in [1.807, 2.05) is 13.0 Å². The molecule has 3 amide bonds. The number of amides is 3. The Hall–Kier alpha value is -2.74. The predicted molar refractivity (Wildman–Crippen MR) is 101 cm³/mol. The van der Waals surface area contributed by atoms with Crippen LogP contribution in [0, 0.1) is 0 Å². The van der Waals surface area contributed by atoms with Gasteiger partial charge in [-0.1, -0.05) is 0 Å². The summed E-state index contributed by atoms with van der Waals surface area (Å²) in [4.78, 5) is 41.4. The van der Waals surface area contributed by atoms with Gasteiger partial charge in [-0.05, 0) is 37.3 Å². The number of furan rings is 1. The van der Waals surface area contributed by atoms with Gasteiger partial charge in [0.1, 0.15) is 0 Å². The number of nitrogens with zero attached hydrogens (tertiary/aromatic N) is 2. The Labute approximate surface area is 160 Å². The molecule has 1 fully saturated rings. The van der Waals surface area contributed by atoms with Crippen molar-refractivity contribution in [3.63, 3.8) is 0 Å². The zero-order chi connectivity index (χ0) is 19.0. The molecule has 140 valence electrons. The van der Waals surface area contributed by atoms with E-state index in [-0.39, 0.29) is 23.0 Å². The second-order valence-corrected chi connectivity index (χ2v) is 7.90. The van der Waals surface area contributed by atoms with Gasteiger partial charge in [-0.25, -0.2) is 0 Å². The molecule has 1 atom stereocenters. The lowest BCUT2D eigenvalue weighted by Gasteiger charge is -2.34. The molecule has 1 aromatic heterocycles. The third-order valence-corrected chi connectivity index (χ3v) is 5.92. The summed E-state index contributed by atoms with van der Waals surface area (Å²) in [5.41, 5.74) is 1.22. The van der Waals surface area contributed by atoms with Crippen LogP contribution in [0.4, 0.5) is 5.69 Å². The van der Waals surface area contributed by atoms with Crippen molar-refractivity contribution in [2.24, 2.45) is 0 Å². The Balaban J connectivity index is 1.42. The van der Waals surface area contributed by atoms with Crippen LogP contribution in [0.15, 0.2) is 45.9 Å². The summed E-state index contributed by atoms with van der Waals surface area (Å²) in [6.07, 6.45) is 1.47. The summed E-state index contributed by atoms with van der Waals surface area (Å²) in [7, 11) is 0. The summed E-state index contributed by atoms with van der Waals surface area (Å²) in [5, 5.41) is 2.71. The van der Waals surface area contributed by atoms with E-state index < -0.39 is 0 Å². The molecule has 2 aromatic rings. The molecule has 0 saturated carbocycles. The highest BCUT2D eigenvalue weighted by molar-refractivity contribution is 8.00. The van der Waals surface area contributed by atoms with Crippen molar-refractivity contribution in [3.05, 3.63) is 47.9 Å². The Morgan fingerprint density at radius 3 is 2.48 bits per heavy atom. The normalized spacial score (nSPS) is 19.4. The monoisotopic (exact) mass is 385 g/mol. The van der Waals surface area contributed by atoms with Crippen LogP contribution in [0.1, 0.15) is 27.8 Å². The van der Waals surface area contributed by atoms with Crippen molar-refractivity contribution in [1.82, 2.24) is 9.80 Å². The Kier molecular flexibility index (Phi) is 4.65. The molecule has 0 aliphatic carbocycles. The number of hydrogen-bond acceptors (Lipinski definition) is 5. The van der Waals surface area contributed by atoms with Crippen LogP contribution in [0.3, 0.4) is 0 Å². The number of hydrogen-bond donors (Lipinski definition) is 1. The van der Waals surface area contributed by atoms with Gasteiger partial charge >= 0.3 is 0 Å². The smallest absolute Gasteiger partial charge is 0.289 e. The zero-order valence-corrected chi connectivity index (χ0v) is 15.6. The lowest BCUT2D eigenvalue weighted by Crippen LogP contribution is -2.50. The highest BCUT2D eigenvalue weighted by Gasteiger charge is 2.28. The summed E-state index contributed by atoms with van der Waals surface area (Å²) in [5.74, 6) is 0.00425. The average molecular weight is 385 g/mol. The minimum absolute atomic E-state index is 0.0536. The van der Waals surface area contributed by atoms with E-state index in [1.54, 1.807) is 34.1 Å². The first-order valence-electron chi connectivity index (χ1n) is 8.76. The number of fused-ring (bicyclic) bond motifs is 1. The summed E-state index contributed by atoms with van der Waals surface area (Å²) < 4.78 is 5.15. The van der Waals surface area contributed by atoms with E-state index >= 15 is 0 Å². The summed E-state index contributed by atoms with van der Waals surface area (Å²) in [6.45, 7) is 3.69. The Bertz CT molecular complexity index is 888. The third-order valence-electron chi connectivity index (χ3n) is 4.74. The zero-order valence-electron chi connectivity index (χ0n) is 14.8. The maximum absolute atomic E-state index is 12.8. The molecule has 2 aliphatic rings.